The molecule has 1 rings (SSSR count). The fourth-order valence-electron chi connectivity index (χ4n) is 1.86. The molecule has 0 aliphatic carbocycles. The first kappa shape index (κ1) is 15.3. The first-order valence-corrected chi connectivity index (χ1v) is 6.25. The number of nitrogens with zero attached hydrogens (tertiary/aromatic N) is 1. The van der Waals surface area contributed by atoms with Crippen molar-refractivity contribution in [2.45, 2.75) is 25.3 Å². The van der Waals surface area contributed by atoms with Gasteiger partial charge in [0.1, 0.15) is 11.3 Å². The Hall–Kier alpha value is -1.75. The second-order valence-electron chi connectivity index (χ2n) is 4.92. The van der Waals surface area contributed by atoms with Crippen molar-refractivity contribution in [1.29, 1.82) is 0 Å². The summed E-state index contributed by atoms with van der Waals surface area (Å²) < 4.78 is 5.29. The van der Waals surface area contributed by atoms with Gasteiger partial charge in [-0.05, 0) is 31.9 Å². The minimum atomic E-state index is -1.17. The van der Waals surface area contributed by atoms with E-state index in [1.165, 1.54) is 0 Å². The maximum Gasteiger partial charge on any atom is 0.323 e. The van der Waals surface area contributed by atoms with Crippen LogP contribution in [0.15, 0.2) is 24.3 Å². The molecule has 5 heteroatoms. The van der Waals surface area contributed by atoms with Crippen molar-refractivity contribution in [2.24, 2.45) is 5.73 Å². The van der Waals surface area contributed by atoms with E-state index in [1.807, 2.05) is 36.2 Å². The first-order chi connectivity index (χ1) is 8.88. The van der Waals surface area contributed by atoms with Crippen molar-refractivity contribution in [3.63, 3.8) is 0 Å². The molecule has 0 spiro atoms. The molecule has 19 heavy (non-hydrogen) atoms. The van der Waals surface area contributed by atoms with E-state index < -0.39 is 11.5 Å². The van der Waals surface area contributed by atoms with Gasteiger partial charge in [0.05, 0.1) is 12.8 Å². The van der Waals surface area contributed by atoms with E-state index in [1.54, 1.807) is 14.0 Å². The van der Waals surface area contributed by atoms with Gasteiger partial charge in [0.25, 0.3) is 0 Å². The Morgan fingerprint density at radius 1 is 1.47 bits per heavy atom. The topological polar surface area (TPSA) is 75.8 Å². The number of rotatable bonds is 7. The standard InChI is InChI=1S/C14H22N2O3/c1-14(15,13(17)18)9-6-10-16(2)11-7-4-5-8-12(11)19-3/h4-5,7-8H,6,9-10,15H2,1-3H3,(H,17,18). The molecule has 1 aromatic carbocycles. The molecule has 0 amide bonds. The Bertz CT molecular complexity index is 432. The summed E-state index contributed by atoms with van der Waals surface area (Å²) in [6, 6.07) is 7.73. The molecule has 0 saturated carbocycles. The van der Waals surface area contributed by atoms with Gasteiger partial charge in [-0.1, -0.05) is 12.1 Å². The molecule has 1 unspecified atom stereocenters. The largest absolute Gasteiger partial charge is 0.495 e. The predicted molar refractivity (Wildman–Crippen MR) is 75.7 cm³/mol. The molecule has 3 N–H and O–H groups in total. The van der Waals surface area contributed by atoms with Crippen molar-refractivity contribution in [2.75, 3.05) is 25.6 Å². The number of nitrogens with two attached hydrogens (primary N) is 1. The normalized spacial score (nSPS) is 13.7. The number of ether oxygens (including phenoxy) is 1. The third kappa shape index (κ3) is 4.13. The van der Waals surface area contributed by atoms with Gasteiger partial charge in [-0.25, -0.2) is 0 Å². The summed E-state index contributed by atoms with van der Waals surface area (Å²) in [7, 11) is 3.58. The second-order valence-corrected chi connectivity index (χ2v) is 4.92. The van der Waals surface area contributed by atoms with E-state index in [2.05, 4.69) is 0 Å². The monoisotopic (exact) mass is 266 g/mol. The zero-order chi connectivity index (χ0) is 14.5. The smallest absolute Gasteiger partial charge is 0.323 e. The van der Waals surface area contributed by atoms with Crippen LogP contribution in [0.5, 0.6) is 5.75 Å². The maximum atomic E-state index is 10.9. The summed E-state index contributed by atoms with van der Waals surface area (Å²) in [4.78, 5) is 12.9. The molecule has 0 radical (unpaired) electrons. The van der Waals surface area contributed by atoms with Crippen LogP contribution in [-0.2, 0) is 4.79 Å². The molecular weight excluding hydrogens is 244 g/mol. The fourth-order valence-corrected chi connectivity index (χ4v) is 1.86. The van der Waals surface area contributed by atoms with Gasteiger partial charge in [-0.2, -0.15) is 0 Å². The number of carboxylic acid groups (broad SMARTS) is 1. The number of benzene rings is 1. The molecule has 1 aromatic rings. The Balaban J connectivity index is 2.56. The van der Waals surface area contributed by atoms with Gasteiger partial charge >= 0.3 is 5.97 Å². The average molecular weight is 266 g/mol. The van der Waals surface area contributed by atoms with E-state index in [9.17, 15) is 4.79 Å². The van der Waals surface area contributed by atoms with Crippen molar-refractivity contribution >= 4 is 11.7 Å². The van der Waals surface area contributed by atoms with E-state index >= 15 is 0 Å². The lowest BCUT2D eigenvalue weighted by Crippen LogP contribution is -2.45. The van der Waals surface area contributed by atoms with Crippen LogP contribution in [0.1, 0.15) is 19.8 Å². The molecule has 106 valence electrons. The number of carboxylic acids is 1. The minimum absolute atomic E-state index is 0.432. The van der Waals surface area contributed by atoms with Crippen LogP contribution in [0, 0.1) is 0 Å². The number of carbonyl (C=O) groups is 1. The zero-order valence-electron chi connectivity index (χ0n) is 11.7. The van der Waals surface area contributed by atoms with Gasteiger partial charge in [-0.15, -0.1) is 0 Å². The summed E-state index contributed by atoms with van der Waals surface area (Å²) in [6.45, 7) is 2.26. The van der Waals surface area contributed by atoms with E-state index in [4.69, 9.17) is 15.6 Å². The molecule has 0 aliphatic rings. The lowest BCUT2D eigenvalue weighted by Gasteiger charge is -2.24. The molecule has 0 saturated heterocycles. The quantitative estimate of drug-likeness (QED) is 0.785. The summed E-state index contributed by atoms with van der Waals surface area (Å²) in [5.74, 6) is -0.161. The summed E-state index contributed by atoms with van der Waals surface area (Å²) in [6.07, 6.45) is 1.13. The zero-order valence-corrected chi connectivity index (χ0v) is 11.7. The van der Waals surface area contributed by atoms with Gasteiger partial charge in [0, 0.05) is 13.6 Å². The maximum absolute atomic E-state index is 10.9. The van der Waals surface area contributed by atoms with Crippen molar-refractivity contribution < 1.29 is 14.6 Å². The number of para-hydroxylation sites is 2. The van der Waals surface area contributed by atoms with Gasteiger partial charge in [-0.3, -0.25) is 4.79 Å². The van der Waals surface area contributed by atoms with E-state index in [-0.39, 0.29) is 0 Å². The highest BCUT2D eigenvalue weighted by molar-refractivity contribution is 5.77. The van der Waals surface area contributed by atoms with Crippen LogP contribution in [0.4, 0.5) is 5.69 Å². The third-order valence-corrected chi connectivity index (χ3v) is 3.17. The van der Waals surface area contributed by atoms with Crippen LogP contribution in [-0.4, -0.2) is 37.3 Å². The van der Waals surface area contributed by atoms with Crippen LogP contribution in [0.3, 0.4) is 0 Å². The van der Waals surface area contributed by atoms with Crippen LogP contribution in [0.25, 0.3) is 0 Å². The number of hydrogen-bond donors (Lipinski definition) is 2. The number of anilines is 1. The molecule has 0 fully saturated rings. The van der Waals surface area contributed by atoms with Gasteiger partial charge in [0.2, 0.25) is 0 Å². The van der Waals surface area contributed by atoms with Crippen molar-refractivity contribution in [1.82, 2.24) is 0 Å². The first-order valence-electron chi connectivity index (χ1n) is 6.25. The highest BCUT2D eigenvalue weighted by atomic mass is 16.5. The minimum Gasteiger partial charge on any atom is -0.495 e. The summed E-state index contributed by atoms with van der Waals surface area (Å²) >= 11 is 0. The second kappa shape index (κ2) is 6.43. The highest BCUT2D eigenvalue weighted by Crippen LogP contribution is 2.26. The number of aliphatic carboxylic acids is 1. The Labute approximate surface area is 114 Å². The molecule has 0 aromatic heterocycles. The number of hydrogen-bond acceptors (Lipinski definition) is 4. The summed E-state index contributed by atoms with van der Waals surface area (Å²) in [5.41, 5.74) is 5.52. The average Bonchev–Trinajstić information content (AvgIpc) is 2.38. The SMILES string of the molecule is COc1ccccc1N(C)CCCC(C)(N)C(=O)O. The third-order valence-electron chi connectivity index (χ3n) is 3.17. The fraction of sp³-hybridized carbons (Fsp3) is 0.500. The van der Waals surface area contributed by atoms with Crippen LogP contribution < -0.4 is 15.4 Å². The molecular formula is C14H22N2O3. The Morgan fingerprint density at radius 2 is 2.11 bits per heavy atom. The molecule has 0 bridgehead atoms. The lowest BCUT2D eigenvalue weighted by atomic mass is 9.97. The predicted octanol–water partition coefficient (Wildman–Crippen LogP) is 1.71. The Morgan fingerprint density at radius 3 is 2.68 bits per heavy atom. The molecule has 0 aliphatic heterocycles. The van der Waals surface area contributed by atoms with E-state index in [0.29, 0.717) is 12.8 Å². The van der Waals surface area contributed by atoms with Gasteiger partial charge < -0.3 is 20.5 Å². The highest BCUT2D eigenvalue weighted by Gasteiger charge is 2.27. The molecule has 0 heterocycles. The van der Waals surface area contributed by atoms with Crippen molar-refractivity contribution in [3.8, 4) is 5.75 Å². The number of methoxy groups -OCH3 is 1. The lowest BCUT2D eigenvalue weighted by molar-refractivity contribution is -0.142. The van der Waals surface area contributed by atoms with Gasteiger partial charge in [0.15, 0.2) is 0 Å². The van der Waals surface area contributed by atoms with Crippen LogP contribution >= 0.6 is 0 Å². The molecule has 5 nitrogen and oxygen atoms in total. The van der Waals surface area contributed by atoms with Crippen molar-refractivity contribution in [3.05, 3.63) is 24.3 Å². The van der Waals surface area contributed by atoms with E-state index in [0.717, 1.165) is 18.0 Å². The summed E-state index contributed by atoms with van der Waals surface area (Å²) in [5, 5.41) is 8.95. The Kier molecular flexibility index (Phi) is 5.18. The van der Waals surface area contributed by atoms with Crippen LogP contribution in [0.2, 0.25) is 0 Å². The molecule has 1 atom stereocenters.